The van der Waals surface area contributed by atoms with Crippen molar-refractivity contribution in [3.63, 3.8) is 0 Å². The zero-order valence-corrected chi connectivity index (χ0v) is 6.71. The fourth-order valence-corrected chi connectivity index (χ4v) is 0.434. The van der Waals surface area contributed by atoms with Crippen LogP contribution in [0.25, 0.3) is 0 Å². The second-order valence-electron chi connectivity index (χ2n) is 1.82. The Bertz CT molecular complexity index is 197. The molecule has 0 saturated carbocycles. The molecule has 0 aliphatic heterocycles. The second-order valence-corrected chi connectivity index (χ2v) is 3.16. The molecule has 0 saturated heterocycles. The lowest BCUT2D eigenvalue weighted by molar-refractivity contribution is -0.214. The lowest BCUT2D eigenvalue weighted by atomic mass is 10.6. The summed E-state index contributed by atoms with van der Waals surface area (Å²) in [4.78, 5) is 20.5. The van der Waals surface area contributed by atoms with E-state index in [0.717, 1.165) is 13.0 Å². The molecule has 0 aliphatic carbocycles. The quantitative estimate of drug-likeness (QED) is 0.272. The first kappa shape index (κ1) is 10.2. The summed E-state index contributed by atoms with van der Waals surface area (Å²) in [5.41, 5.74) is -2.44. The molecule has 0 heterocycles. The summed E-state index contributed by atoms with van der Waals surface area (Å²) in [6, 6.07) is 0. The molecule has 6 heteroatoms. The number of rotatable bonds is 3. The molecule has 2 atom stereocenters. The van der Waals surface area contributed by atoms with Gasteiger partial charge in [-0.05, 0) is 0 Å². The van der Waals surface area contributed by atoms with Crippen molar-refractivity contribution in [1.29, 1.82) is 0 Å². The molecule has 0 aromatic carbocycles. The SMILES string of the molecule is C=CC(=O)OC(C)(O)[P+](=O)[O-]. The predicted molar refractivity (Wildman–Crippen MR) is 34.5 cm³/mol. The number of esters is 1. The maximum absolute atomic E-state index is 10.4. The van der Waals surface area contributed by atoms with Gasteiger partial charge in [0.15, 0.2) is 0 Å². The van der Waals surface area contributed by atoms with E-state index in [1.807, 2.05) is 0 Å². The van der Waals surface area contributed by atoms with Crippen molar-refractivity contribution in [1.82, 2.24) is 0 Å². The van der Waals surface area contributed by atoms with Crippen LogP contribution in [0.5, 0.6) is 0 Å². The lowest BCUT2D eigenvalue weighted by Crippen LogP contribution is -2.29. The fourth-order valence-electron chi connectivity index (χ4n) is 0.269. The first-order valence-electron chi connectivity index (χ1n) is 2.62. The molecule has 1 N–H and O–H groups in total. The topological polar surface area (TPSA) is 86.7 Å². The molecule has 62 valence electrons. The number of carbonyl (C=O) groups excluding carboxylic acids is 1. The van der Waals surface area contributed by atoms with Gasteiger partial charge in [0.05, 0.1) is 6.92 Å². The van der Waals surface area contributed by atoms with E-state index in [1.165, 1.54) is 0 Å². The van der Waals surface area contributed by atoms with Crippen LogP contribution in [0.4, 0.5) is 0 Å². The molecule has 11 heavy (non-hydrogen) atoms. The molecule has 0 radical (unpaired) electrons. The third kappa shape index (κ3) is 3.23. The number of aliphatic hydroxyl groups is 1. The molecule has 2 unspecified atom stereocenters. The smallest absolute Gasteiger partial charge is 0.409 e. The first-order chi connectivity index (χ1) is 4.90. The molecule has 0 aromatic heterocycles. The summed E-state index contributed by atoms with van der Waals surface area (Å²) in [6.07, 6.45) is 0.757. The summed E-state index contributed by atoms with van der Waals surface area (Å²) >= 11 is 0. The van der Waals surface area contributed by atoms with E-state index in [9.17, 15) is 14.3 Å². The third-order valence-corrected chi connectivity index (χ3v) is 1.57. The highest BCUT2D eigenvalue weighted by Gasteiger charge is 2.39. The molecular formula is C5H7O5P. The van der Waals surface area contributed by atoms with Gasteiger partial charge in [-0.3, -0.25) is 0 Å². The van der Waals surface area contributed by atoms with Crippen molar-refractivity contribution in [2.24, 2.45) is 0 Å². The van der Waals surface area contributed by atoms with Gasteiger partial charge >= 0.3 is 19.5 Å². The Morgan fingerprint density at radius 2 is 2.36 bits per heavy atom. The molecule has 0 spiro atoms. The molecule has 0 aliphatic rings. The average Bonchev–Trinajstić information content (AvgIpc) is 1.86. The number of hydrogen-bond donors (Lipinski definition) is 1. The normalized spacial score (nSPS) is 16.5. The molecule has 0 bridgehead atoms. The van der Waals surface area contributed by atoms with Crippen molar-refractivity contribution in [2.75, 3.05) is 0 Å². The molecule has 0 fully saturated rings. The van der Waals surface area contributed by atoms with Gasteiger partial charge in [0, 0.05) is 6.08 Å². The van der Waals surface area contributed by atoms with Crippen LogP contribution in [0, 0.1) is 0 Å². The first-order valence-corrected chi connectivity index (χ1v) is 3.80. The highest BCUT2D eigenvalue weighted by molar-refractivity contribution is 7.37. The minimum absolute atomic E-state index is 0.757. The Balaban J connectivity index is 4.23. The Hall–Kier alpha value is -0.770. The predicted octanol–water partition coefficient (Wildman–Crippen LogP) is -0.516. The van der Waals surface area contributed by atoms with Crippen LogP contribution in [-0.2, 0) is 14.1 Å². The van der Waals surface area contributed by atoms with Gasteiger partial charge in [0.25, 0.3) is 0 Å². The van der Waals surface area contributed by atoms with Crippen LogP contribution in [0.3, 0.4) is 0 Å². The van der Waals surface area contributed by atoms with E-state index < -0.39 is 19.5 Å². The van der Waals surface area contributed by atoms with E-state index >= 15 is 0 Å². The second kappa shape index (κ2) is 3.57. The van der Waals surface area contributed by atoms with Crippen LogP contribution in [-0.4, -0.2) is 16.6 Å². The lowest BCUT2D eigenvalue weighted by Gasteiger charge is -2.12. The van der Waals surface area contributed by atoms with Crippen molar-refractivity contribution < 1.29 is 24.1 Å². The molecular weight excluding hydrogens is 171 g/mol. The Kier molecular flexibility index (Phi) is 3.32. The van der Waals surface area contributed by atoms with Crippen molar-refractivity contribution >= 4 is 14.0 Å². The zero-order chi connectivity index (χ0) is 9.07. The number of ether oxygens (including phenoxy) is 1. The molecule has 0 amide bonds. The molecule has 5 nitrogen and oxygen atoms in total. The van der Waals surface area contributed by atoms with Gasteiger partial charge in [0.2, 0.25) is 0 Å². The van der Waals surface area contributed by atoms with Crippen molar-refractivity contribution in [3.8, 4) is 0 Å². The van der Waals surface area contributed by atoms with Gasteiger partial charge in [-0.15, -0.1) is 0 Å². The van der Waals surface area contributed by atoms with Crippen LogP contribution in [0.2, 0.25) is 0 Å². The van der Waals surface area contributed by atoms with Crippen molar-refractivity contribution in [3.05, 3.63) is 12.7 Å². The number of hydrogen-bond acceptors (Lipinski definition) is 5. The summed E-state index contributed by atoms with van der Waals surface area (Å²) in [7, 11) is -3.22. The van der Waals surface area contributed by atoms with Gasteiger partial charge in [-0.25, -0.2) is 4.79 Å². The molecule has 0 rings (SSSR count). The third-order valence-electron chi connectivity index (χ3n) is 0.799. The van der Waals surface area contributed by atoms with E-state index in [4.69, 9.17) is 5.11 Å². The summed E-state index contributed by atoms with van der Waals surface area (Å²) in [6.45, 7) is 3.87. The maximum Gasteiger partial charge on any atom is 0.409 e. The Labute approximate surface area is 64.2 Å². The maximum atomic E-state index is 10.4. The van der Waals surface area contributed by atoms with Gasteiger partial charge < -0.3 is 14.7 Å². The van der Waals surface area contributed by atoms with Crippen LogP contribution < -0.4 is 4.89 Å². The average molecular weight is 178 g/mol. The largest absolute Gasteiger partial charge is 0.590 e. The van der Waals surface area contributed by atoms with Gasteiger partial charge in [-0.1, -0.05) is 11.1 Å². The zero-order valence-electron chi connectivity index (χ0n) is 5.81. The van der Waals surface area contributed by atoms with Crippen LogP contribution in [0.15, 0.2) is 12.7 Å². The van der Waals surface area contributed by atoms with E-state index in [2.05, 4.69) is 11.3 Å². The highest BCUT2D eigenvalue weighted by atomic mass is 31.1. The molecule has 0 aromatic rings. The Morgan fingerprint density at radius 3 is 2.64 bits per heavy atom. The number of carbonyl (C=O) groups is 1. The van der Waals surface area contributed by atoms with Crippen LogP contribution in [0.1, 0.15) is 6.92 Å². The van der Waals surface area contributed by atoms with Gasteiger partial charge in [0.1, 0.15) is 0 Å². The van der Waals surface area contributed by atoms with E-state index in [0.29, 0.717) is 0 Å². The summed E-state index contributed by atoms with van der Waals surface area (Å²) < 4.78 is 14.2. The fraction of sp³-hybridized carbons (Fsp3) is 0.400. The summed E-state index contributed by atoms with van der Waals surface area (Å²) in [5.74, 6) is -0.991. The Morgan fingerprint density at radius 1 is 1.91 bits per heavy atom. The van der Waals surface area contributed by atoms with E-state index in [1.54, 1.807) is 0 Å². The highest BCUT2D eigenvalue weighted by Crippen LogP contribution is 2.29. The van der Waals surface area contributed by atoms with Gasteiger partial charge in [-0.2, -0.15) is 0 Å². The monoisotopic (exact) mass is 178 g/mol. The van der Waals surface area contributed by atoms with Crippen LogP contribution >= 0.6 is 8.03 Å². The minimum Gasteiger partial charge on any atom is -0.590 e. The van der Waals surface area contributed by atoms with E-state index in [-0.39, 0.29) is 0 Å². The standard InChI is InChI=1S/C5H7O5P/c1-3-4(6)10-5(2,7)11(8)9/h3,7H,1H2,2H3. The van der Waals surface area contributed by atoms with Crippen molar-refractivity contribution in [2.45, 2.75) is 12.5 Å². The summed E-state index contributed by atoms with van der Waals surface area (Å²) in [5, 5.41) is 8.81. The minimum atomic E-state index is -3.22.